The van der Waals surface area contributed by atoms with Crippen LogP contribution in [0.3, 0.4) is 0 Å². The SMILES string of the molecule is CCOc1ccc(C(c2ccc(Br)cc2)N2CCCCC2C(=O)O)cc1OCC. The van der Waals surface area contributed by atoms with Crippen LogP contribution in [-0.2, 0) is 4.79 Å². The number of benzene rings is 2. The Balaban J connectivity index is 2.08. The summed E-state index contributed by atoms with van der Waals surface area (Å²) in [6.45, 7) is 5.73. The van der Waals surface area contributed by atoms with Crippen molar-refractivity contribution in [1.82, 2.24) is 4.90 Å². The van der Waals surface area contributed by atoms with E-state index in [1.807, 2.05) is 44.2 Å². The van der Waals surface area contributed by atoms with Crippen LogP contribution in [0.2, 0.25) is 0 Å². The smallest absolute Gasteiger partial charge is 0.320 e. The van der Waals surface area contributed by atoms with Crippen LogP contribution >= 0.6 is 15.9 Å². The molecule has 1 aliphatic rings. The molecular formula is C23H28BrNO4. The molecule has 0 radical (unpaired) electrons. The van der Waals surface area contributed by atoms with Crippen LogP contribution in [0.15, 0.2) is 46.9 Å². The molecule has 5 nitrogen and oxygen atoms in total. The summed E-state index contributed by atoms with van der Waals surface area (Å²) in [4.78, 5) is 14.1. The van der Waals surface area contributed by atoms with E-state index in [1.54, 1.807) is 0 Å². The average molecular weight is 462 g/mol. The van der Waals surface area contributed by atoms with Gasteiger partial charge in [-0.05, 0) is 68.6 Å². The van der Waals surface area contributed by atoms with Crippen LogP contribution in [0.25, 0.3) is 0 Å². The number of ether oxygens (including phenoxy) is 2. The van der Waals surface area contributed by atoms with Crippen LogP contribution in [-0.4, -0.2) is 41.8 Å². The normalized spacial score (nSPS) is 18.2. The Morgan fingerprint density at radius 3 is 2.38 bits per heavy atom. The zero-order valence-electron chi connectivity index (χ0n) is 16.9. The van der Waals surface area contributed by atoms with Crippen molar-refractivity contribution in [3.8, 4) is 11.5 Å². The maximum atomic E-state index is 12.0. The topological polar surface area (TPSA) is 59.0 Å². The number of piperidine rings is 1. The first-order chi connectivity index (χ1) is 14.0. The van der Waals surface area contributed by atoms with E-state index in [1.165, 1.54) is 0 Å². The molecule has 1 aliphatic heterocycles. The number of rotatable bonds is 8. The van der Waals surface area contributed by atoms with E-state index in [4.69, 9.17) is 9.47 Å². The van der Waals surface area contributed by atoms with Gasteiger partial charge in [0.05, 0.1) is 19.3 Å². The van der Waals surface area contributed by atoms with Gasteiger partial charge in [-0.25, -0.2) is 0 Å². The van der Waals surface area contributed by atoms with Crippen molar-refractivity contribution in [2.75, 3.05) is 19.8 Å². The summed E-state index contributed by atoms with van der Waals surface area (Å²) >= 11 is 3.50. The van der Waals surface area contributed by atoms with Crippen molar-refractivity contribution in [1.29, 1.82) is 0 Å². The molecule has 0 saturated carbocycles. The summed E-state index contributed by atoms with van der Waals surface area (Å²) in [6.07, 6.45) is 2.60. The lowest BCUT2D eigenvalue weighted by Crippen LogP contribution is -2.46. The van der Waals surface area contributed by atoms with Gasteiger partial charge in [-0.15, -0.1) is 0 Å². The highest BCUT2D eigenvalue weighted by Crippen LogP contribution is 2.38. The van der Waals surface area contributed by atoms with Gasteiger partial charge >= 0.3 is 5.97 Å². The van der Waals surface area contributed by atoms with E-state index in [0.717, 1.165) is 35.0 Å². The van der Waals surface area contributed by atoms with Gasteiger partial charge in [0.15, 0.2) is 11.5 Å². The van der Waals surface area contributed by atoms with E-state index in [0.29, 0.717) is 31.1 Å². The Labute approximate surface area is 180 Å². The van der Waals surface area contributed by atoms with E-state index in [9.17, 15) is 9.90 Å². The number of nitrogens with zero attached hydrogens (tertiary/aromatic N) is 1. The number of aliphatic carboxylic acids is 1. The summed E-state index contributed by atoms with van der Waals surface area (Å²) < 4.78 is 12.5. The molecule has 6 heteroatoms. The Bertz CT molecular complexity index is 824. The van der Waals surface area contributed by atoms with Crippen molar-refractivity contribution in [3.63, 3.8) is 0 Å². The molecule has 1 saturated heterocycles. The van der Waals surface area contributed by atoms with Gasteiger partial charge in [-0.2, -0.15) is 0 Å². The standard InChI is InChI=1S/C23H28BrNO4/c1-3-28-20-13-10-17(15-21(20)29-4-2)22(16-8-11-18(24)12-9-16)25-14-6-5-7-19(25)23(26)27/h8-13,15,19,22H,3-7,14H2,1-2H3,(H,26,27). The monoisotopic (exact) mass is 461 g/mol. The number of halogens is 1. The van der Waals surface area contributed by atoms with E-state index >= 15 is 0 Å². The second kappa shape index (κ2) is 10.1. The van der Waals surface area contributed by atoms with E-state index in [-0.39, 0.29) is 6.04 Å². The van der Waals surface area contributed by atoms with Crippen molar-refractivity contribution in [3.05, 3.63) is 58.1 Å². The second-order valence-electron chi connectivity index (χ2n) is 7.11. The summed E-state index contributed by atoms with van der Waals surface area (Å²) in [5, 5.41) is 9.85. The molecule has 1 heterocycles. The summed E-state index contributed by atoms with van der Waals surface area (Å²) in [7, 11) is 0. The first-order valence-electron chi connectivity index (χ1n) is 10.2. The fourth-order valence-electron chi connectivity index (χ4n) is 3.99. The highest BCUT2D eigenvalue weighted by atomic mass is 79.9. The zero-order chi connectivity index (χ0) is 20.8. The molecule has 0 bridgehead atoms. The number of carboxylic acids is 1. The average Bonchev–Trinajstić information content (AvgIpc) is 2.72. The molecule has 1 fully saturated rings. The number of carbonyl (C=O) groups is 1. The van der Waals surface area contributed by atoms with Crippen molar-refractivity contribution < 1.29 is 19.4 Å². The number of hydrogen-bond donors (Lipinski definition) is 1. The van der Waals surface area contributed by atoms with Crippen LogP contribution in [0, 0.1) is 0 Å². The fourth-order valence-corrected chi connectivity index (χ4v) is 4.25. The second-order valence-corrected chi connectivity index (χ2v) is 8.03. The summed E-state index contributed by atoms with van der Waals surface area (Å²) in [5.74, 6) is 0.640. The van der Waals surface area contributed by atoms with Gasteiger partial charge in [0.1, 0.15) is 6.04 Å². The minimum atomic E-state index is -0.761. The predicted molar refractivity (Wildman–Crippen MR) is 117 cm³/mol. The lowest BCUT2D eigenvalue weighted by atomic mass is 9.91. The Morgan fingerprint density at radius 1 is 1.07 bits per heavy atom. The molecule has 0 amide bonds. The molecule has 0 aliphatic carbocycles. The van der Waals surface area contributed by atoms with E-state index in [2.05, 4.69) is 33.0 Å². The minimum absolute atomic E-state index is 0.167. The molecule has 3 rings (SSSR count). The van der Waals surface area contributed by atoms with Crippen LogP contribution in [0.4, 0.5) is 0 Å². The third-order valence-electron chi connectivity index (χ3n) is 5.23. The minimum Gasteiger partial charge on any atom is -0.490 e. The maximum Gasteiger partial charge on any atom is 0.320 e. The first kappa shape index (κ1) is 21.7. The summed E-state index contributed by atoms with van der Waals surface area (Å²) in [6, 6.07) is 13.4. The van der Waals surface area contributed by atoms with Gasteiger partial charge in [0, 0.05) is 4.47 Å². The molecule has 2 aromatic carbocycles. The molecule has 1 N–H and O–H groups in total. The van der Waals surface area contributed by atoms with E-state index < -0.39 is 12.0 Å². The molecule has 2 aromatic rings. The lowest BCUT2D eigenvalue weighted by Gasteiger charge is -2.39. The Hall–Kier alpha value is -2.05. The Kier molecular flexibility index (Phi) is 7.56. The molecule has 29 heavy (non-hydrogen) atoms. The third-order valence-corrected chi connectivity index (χ3v) is 5.76. The Morgan fingerprint density at radius 2 is 1.72 bits per heavy atom. The van der Waals surface area contributed by atoms with Crippen LogP contribution in [0.5, 0.6) is 11.5 Å². The quantitative estimate of drug-likeness (QED) is 0.579. The fraction of sp³-hybridized carbons (Fsp3) is 0.435. The van der Waals surface area contributed by atoms with Crippen LogP contribution in [0.1, 0.15) is 50.3 Å². The molecule has 2 unspecified atom stereocenters. The highest BCUT2D eigenvalue weighted by molar-refractivity contribution is 9.10. The van der Waals surface area contributed by atoms with Crippen molar-refractivity contribution in [2.45, 2.75) is 45.2 Å². The molecule has 0 aromatic heterocycles. The van der Waals surface area contributed by atoms with Gasteiger partial charge in [0.2, 0.25) is 0 Å². The maximum absolute atomic E-state index is 12.0. The van der Waals surface area contributed by atoms with Gasteiger partial charge in [-0.3, -0.25) is 9.69 Å². The van der Waals surface area contributed by atoms with Crippen molar-refractivity contribution >= 4 is 21.9 Å². The number of carboxylic acid groups (broad SMARTS) is 1. The molecular weight excluding hydrogens is 434 g/mol. The third kappa shape index (κ3) is 5.11. The van der Waals surface area contributed by atoms with Gasteiger partial charge < -0.3 is 14.6 Å². The summed E-state index contributed by atoms with van der Waals surface area (Å²) in [5.41, 5.74) is 2.07. The molecule has 156 valence electrons. The predicted octanol–water partition coefficient (Wildman–Crippen LogP) is 5.28. The zero-order valence-corrected chi connectivity index (χ0v) is 18.5. The number of hydrogen-bond acceptors (Lipinski definition) is 4. The first-order valence-corrected chi connectivity index (χ1v) is 11.0. The number of likely N-dealkylation sites (tertiary alicyclic amines) is 1. The van der Waals surface area contributed by atoms with Crippen LogP contribution < -0.4 is 9.47 Å². The molecule has 2 atom stereocenters. The molecule has 0 spiro atoms. The largest absolute Gasteiger partial charge is 0.490 e. The van der Waals surface area contributed by atoms with Gasteiger partial charge in [0.25, 0.3) is 0 Å². The highest BCUT2D eigenvalue weighted by Gasteiger charge is 2.35. The van der Waals surface area contributed by atoms with Gasteiger partial charge in [-0.1, -0.05) is 40.5 Å². The van der Waals surface area contributed by atoms with Crippen molar-refractivity contribution in [2.24, 2.45) is 0 Å². The lowest BCUT2D eigenvalue weighted by molar-refractivity contribution is -0.145.